The predicted molar refractivity (Wildman–Crippen MR) is 217 cm³/mol. The zero-order chi connectivity index (χ0) is 40.5. The number of hydrogen-bond donors (Lipinski definition) is 2. The van der Waals surface area contributed by atoms with Crippen LogP contribution in [0.1, 0.15) is 124 Å². The number of ether oxygens (including phenoxy) is 2. The summed E-state index contributed by atoms with van der Waals surface area (Å²) in [5.74, 6) is 0.536. The number of carbonyl (C=O) groups is 4. The number of carbonyl (C=O) groups excluding carboxylic acids is 4. The Labute approximate surface area is 328 Å². The lowest BCUT2D eigenvalue weighted by Gasteiger charge is -2.30. The van der Waals surface area contributed by atoms with E-state index in [0.29, 0.717) is 48.7 Å². The van der Waals surface area contributed by atoms with Crippen LogP contribution in [-0.4, -0.2) is 39.1 Å². The number of aryl methyl sites for hydroxylation is 2. The molecule has 0 radical (unpaired) electrons. The number of amides is 2. The van der Waals surface area contributed by atoms with E-state index in [1.165, 1.54) is 0 Å². The van der Waals surface area contributed by atoms with Crippen molar-refractivity contribution in [1.29, 1.82) is 0 Å². The van der Waals surface area contributed by atoms with E-state index in [1.807, 2.05) is 75.4 Å². The first-order chi connectivity index (χ1) is 26.5. The van der Waals surface area contributed by atoms with Crippen LogP contribution < -0.4 is 20.9 Å². The summed E-state index contributed by atoms with van der Waals surface area (Å²) in [6.07, 6.45) is 3.56. The Morgan fingerprint density at radius 1 is 0.643 bits per heavy atom. The van der Waals surface area contributed by atoms with Gasteiger partial charge in [-0.3, -0.25) is 19.2 Å². The molecule has 2 heterocycles. The second kappa shape index (κ2) is 15.7. The van der Waals surface area contributed by atoms with Crippen LogP contribution in [0.25, 0.3) is 11.4 Å². The molecule has 2 aliphatic rings. The minimum absolute atomic E-state index is 0.0791. The molecule has 7 rings (SSSR count). The Morgan fingerprint density at radius 3 is 1.52 bits per heavy atom. The third kappa shape index (κ3) is 8.34. The van der Waals surface area contributed by atoms with E-state index in [-0.39, 0.29) is 22.4 Å². The van der Waals surface area contributed by atoms with Crippen molar-refractivity contribution in [3.63, 3.8) is 0 Å². The van der Waals surface area contributed by atoms with E-state index >= 15 is 0 Å². The molecule has 0 atom stereocenters. The zero-order valence-electron chi connectivity index (χ0n) is 33.5. The minimum Gasteiger partial charge on any atom is -0.491 e. The molecule has 292 valence electrons. The predicted octanol–water partition coefficient (Wildman–Crippen LogP) is 8.45. The maximum atomic E-state index is 12.7. The Morgan fingerprint density at radius 2 is 1.09 bits per heavy atom. The van der Waals surface area contributed by atoms with Gasteiger partial charge in [-0.2, -0.15) is 0 Å². The zero-order valence-corrected chi connectivity index (χ0v) is 33.5. The molecular formula is C46H52N4O6. The van der Waals surface area contributed by atoms with Crippen LogP contribution in [0.2, 0.25) is 0 Å². The van der Waals surface area contributed by atoms with Crippen molar-refractivity contribution >= 4 is 23.4 Å². The van der Waals surface area contributed by atoms with Crippen LogP contribution in [0.4, 0.5) is 0 Å². The van der Waals surface area contributed by atoms with Gasteiger partial charge >= 0.3 is 0 Å². The van der Waals surface area contributed by atoms with Crippen molar-refractivity contribution in [2.45, 2.75) is 87.2 Å². The van der Waals surface area contributed by atoms with Crippen molar-refractivity contribution in [2.75, 3.05) is 6.61 Å². The summed E-state index contributed by atoms with van der Waals surface area (Å²) in [4.78, 5) is 48.7. The van der Waals surface area contributed by atoms with Gasteiger partial charge in [-0.25, -0.2) is 0 Å². The van der Waals surface area contributed by atoms with Gasteiger partial charge in [-0.05, 0) is 98.0 Å². The van der Waals surface area contributed by atoms with Crippen LogP contribution in [0.3, 0.4) is 0 Å². The van der Waals surface area contributed by atoms with E-state index in [0.717, 1.165) is 70.1 Å². The molecule has 2 aliphatic carbocycles. The molecule has 56 heavy (non-hydrogen) atoms. The SMILES string of the molecule is CCCOc1cc(C(N)=O)ccc1-n1c(C)cc2c1CC(C)(C)CC2=O.Cc1cc2c(n1-c1ccc(C(N)=O)cc1OCc1ccccc1)CC(C)(C)CC2=O. The normalized spacial score (nSPS) is 15.3. The number of Topliss-reactive ketones (excluding diaryl/α,β-unsaturated/α-hetero) is 2. The van der Waals surface area contributed by atoms with Crippen LogP contribution in [-0.2, 0) is 19.4 Å². The lowest BCUT2D eigenvalue weighted by Crippen LogP contribution is -2.28. The molecule has 0 unspecified atom stereocenters. The highest BCUT2D eigenvalue weighted by Crippen LogP contribution is 2.41. The number of benzene rings is 3. The number of ketones is 2. The van der Waals surface area contributed by atoms with Crippen molar-refractivity contribution in [3.8, 4) is 22.9 Å². The molecule has 4 N–H and O–H groups in total. The number of rotatable bonds is 10. The molecule has 10 nitrogen and oxygen atoms in total. The summed E-state index contributed by atoms with van der Waals surface area (Å²) in [6.45, 7) is 15.4. The lowest BCUT2D eigenvalue weighted by atomic mass is 9.76. The fraction of sp³-hybridized carbons (Fsp3) is 0.348. The highest BCUT2D eigenvalue weighted by molar-refractivity contribution is 6.00. The number of nitrogens with zero attached hydrogens (tertiary/aromatic N) is 2. The highest BCUT2D eigenvalue weighted by atomic mass is 16.5. The van der Waals surface area contributed by atoms with Crippen LogP contribution in [0.15, 0.2) is 78.9 Å². The lowest BCUT2D eigenvalue weighted by molar-refractivity contribution is 0.0901. The molecule has 10 heteroatoms. The average molecular weight is 757 g/mol. The van der Waals surface area contributed by atoms with Gasteiger partial charge in [0.2, 0.25) is 11.8 Å². The summed E-state index contributed by atoms with van der Waals surface area (Å²) in [5.41, 5.74) is 19.7. The molecule has 0 spiro atoms. The van der Waals surface area contributed by atoms with Crippen LogP contribution >= 0.6 is 0 Å². The van der Waals surface area contributed by atoms with E-state index < -0.39 is 11.8 Å². The minimum atomic E-state index is -0.506. The van der Waals surface area contributed by atoms with Gasteiger partial charge < -0.3 is 30.1 Å². The molecule has 2 amide bonds. The van der Waals surface area contributed by atoms with Crippen molar-refractivity contribution in [3.05, 3.63) is 129 Å². The molecule has 0 fully saturated rings. The molecule has 0 aliphatic heterocycles. The fourth-order valence-corrected chi connectivity index (χ4v) is 7.86. The Kier molecular flexibility index (Phi) is 11.1. The van der Waals surface area contributed by atoms with E-state index in [2.05, 4.69) is 36.8 Å². The van der Waals surface area contributed by atoms with Gasteiger partial charge in [-0.1, -0.05) is 65.0 Å². The number of aromatic nitrogens is 2. The van der Waals surface area contributed by atoms with Gasteiger partial charge in [0.25, 0.3) is 0 Å². The summed E-state index contributed by atoms with van der Waals surface area (Å²) in [5, 5.41) is 0. The molecule has 0 saturated heterocycles. The van der Waals surface area contributed by atoms with Gasteiger partial charge in [0.15, 0.2) is 11.6 Å². The maximum absolute atomic E-state index is 12.7. The Hall–Kier alpha value is -5.90. The van der Waals surface area contributed by atoms with E-state index in [9.17, 15) is 19.2 Å². The molecule has 5 aromatic rings. The maximum Gasteiger partial charge on any atom is 0.248 e. The first-order valence-electron chi connectivity index (χ1n) is 19.2. The number of hydrogen-bond acceptors (Lipinski definition) is 6. The standard InChI is InChI=1S/C25H26N2O3.C21H26N2O3/c1-16-11-19-21(13-25(2,3)14-22(19)28)27(16)20-10-9-18(24(26)29)12-23(20)30-15-17-7-5-4-6-8-17;1-5-8-26-19-10-14(20(22)25)6-7-16(19)23-13(2)9-15-17(23)11-21(3,4)12-18(15)24/h4-12H,13-15H2,1-3H3,(H2,26,29);6-7,9-10H,5,8,11-12H2,1-4H3,(H2,22,25). The third-order valence-electron chi connectivity index (χ3n) is 10.4. The van der Waals surface area contributed by atoms with Gasteiger partial charge in [0.05, 0.1) is 18.0 Å². The smallest absolute Gasteiger partial charge is 0.248 e. The number of nitrogens with two attached hydrogens (primary N) is 2. The van der Waals surface area contributed by atoms with Gasteiger partial charge in [-0.15, -0.1) is 0 Å². The van der Waals surface area contributed by atoms with E-state index in [4.69, 9.17) is 20.9 Å². The third-order valence-corrected chi connectivity index (χ3v) is 10.4. The van der Waals surface area contributed by atoms with Crippen LogP contribution in [0.5, 0.6) is 11.5 Å². The first kappa shape index (κ1) is 39.8. The molecule has 0 saturated carbocycles. The van der Waals surface area contributed by atoms with Gasteiger partial charge in [0, 0.05) is 57.9 Å². The summed E-state index contributed by atoms with van der Waals surface area (Å²) >= 11 is 0. The largest absolute Gasteiger partial charge is 0.491 e. The highest BCUT2D eigenvalue weighted by Gasteiger charge is 2.36. The Bertz CT molecular complexity index is 2330. The number of primary amides is 2. The Balaban J connectivity index is 0.000000192. The topological polar surface area (TPSA) is 149 Å². The monoisotopic (exact) mass is 756 g/mol. The summed E-state index contributed by atoms with van der Waals surface area (Å²) in [7, 11) is 0. The fourth-order valence-electron chi connectivity index (χ4n) is 7.86. The second-order valence-electron chi connectivity index (χ2n) is 16.6. The van der Waals surface area contributed by atoms with Crippen molar-refractivity contribution in [1.82, 2.24) is 9.13 Å². The summed E-state index contributed by atoms with van der Waals surface area (Å²) in [6, 6.07) is 24.2. The molecule has 0 bridgehead atoms. The van der Waals surface area contributed by atoms with Crippen molar-refractivity contribution in [2.24, 2.45) is 22.3 Å². The van der Waals surface area contributed by atoms with Crippen molar-refractivity contribution < 1.29 is 28.7 Å². The number of fused-ring (bicyclic) bond motifs is 2. The second-order valence-corrected chi connectivity index (χ2v) is 16.6. The quantitative estimate of drug-likeness (QED) is 0.146. The van der Waals surface area contributed by atoms with Crippen LogP contribution in [0, 0.1) is 24.7 Å². The molecule has 3 aromatic carbocycles. The molecular weight excluding hydrogens is 705 g/mol. The van der Waals surface area contributed by atoms with Gasteiger partial charge in [0.1, 0.15) is 18.1 Å². The first-order valence-corrected chi connectivity index (χ1v) is 19.2. The molecule has 2 aromatic heterocycles. The van der Waals surface area contributed by atoms with E-state index in [1.54, 1.807) is 24.3 Å². The summed E-state index contributed by atoms with van der Waals surface area (Å²) < 4.78 is 16.2. The average Bonchev–Trinajstić information content (AvgIpc) is 3.64.